The predicted octanol–water partition coefficient (Wildman–Crippen LogP) is 4.55. The van der Waals surface area contributed by atoms with Crippen molar-refractivity contribution in [1.82, 2.24) is 5.32 Å². The van der Waals surface area contributed by atoms with Gasteiger partial charge in [-0.05, 0) is 52.9 Å². The van der Waals surface area contributed by atoms with Gasteiger partial charge in [0.15, 0.2) is 0 Å². The van der Waals surface area contributed by atoms with E-state index in [0.717, 1.165) is 30.9 Å². The lowest BCUT2D eigenvalue weighted by Gasteiger charge is -2.28. The minimum Gasteiger partial charge on any atom is -0.497 e. The van der Waals surface area contributed by atoms with Gasteiger partial charge in [0.25, 0.3) is 0 Å². The molecule has 0 amide bonds. The van der Waals surface area contributed by atoms with Gasteiger partial charge in [0.1, 0.15) is 11.5 Å². The number of ether oxygens (including phenoxy) is 2. The summed E-state index contributed by atoms with van der Waals surface area (Å²) in [6.07, 6.45) is 1.94. The first-order valence-corrected chi connectivity index (χ1v) is 9.50. The van der Waals surface area contributed by atoms with E-state index in [9.17, 15) is 0 Å². The summed E-state index contributed by atoms with van der Waals surface area (Å²) in [7, 11) is 1.72. The maximum atomic E-state index is 6.02. The molecule has 0 aromatic heterocycles. The van der Waals surface area contributed by atoms with Gasteiger partial charge in [-0.3, -0.25) is 0 Å². The van der Waals surface area contributed by atoms with Crippen molar-refractivity contribution in [1.29, 1.82) is 0 Å². The van der Waals surface area contributed by atoms with Crippen LogP contribution in [0, 0.1) is 0 Å². The second-order valence-corrected chi connectivity index (χ2v) is 6.86. The van der Waals surface area contributed by atoms with Gasteiger partial charge in [-0.2, -0.15) is 0 Å². The van der Waals surface area contributed by atoms with E-state index in [-0.39, 0.29) is 6.04 Å². The Balaban J connectivity index is 1.48. The van der Waals surface area contributed by atoms with Crippen molar-refractivity contribution >= 4 is 0 Å². The van der Waals surface area contributed by atoms with Gasteiger partial charge >= 0.3 is 0 Å². The highest BCUT2D eigenvalue weighted by Gasteiger charge is 2.22. The molecule has 1 atom stereocenters. The molecule has 0 saturated heterocycles. The Morgan fingerprint density at radius 1 is 0.926 bits per heavy atom. The molecule has 1 unspecified atom stereocenters. The zero-order chi connectivity index (χ0) is 18.5. The molecule has 4 rings (SSSR count). The zero-order valence-electron chi connectivity index (χ0n) is 15.7. The lowest BCUT2D eigenvalue weighted by molar-refractivity contribution is 0.321. The molecule has 138 valence electrons. The van der Waals surface area contributed by atoms with Crippen molar-refractivity contribution < 1.29 is 9.47 Å². The maximum absolute atomic E-state index is 6.02. The lowest BCUT2D eigenvalue weighted by atomic mass is 9.89. The van der Waals surface area contributed by atoms with Crippen molar-refractivity contribution in [2.75, 3.05) is 20.3 Å². The van der Waals surface area contributed by atoms with Crippen molar-refractivity contribution in [2.45, 2.75) is 18.9 Å². The summed E-state index contributed by atoms with van der Waals surface area (Å²) in [5.74, 6) is 1.85. The van der Waals surface area contributed by atoms with Crippen LogP contribution >= 0.6 is 0 Å². The van der Waals surface area contributed by atoms with Gasteiger partial charge in [-0.15, -0.1) is 0 Å². The Morgan fingerprint density at radius 3 is 2.67 bits per heavy atom. The largest absolute Gasteiger partial charge is 0.497 e. The van der Waals surface area contributed by atoms with E-state index < -0.39 is 0 Å². The maximum Gasteiger partial charge on any atom is 0.119 e. The monoisotopic (exact) mass is 359 g/mol. The highest BCUT2D eigenvalue weighted by Crippen LogP contribution is 2.32. The molecule has 0 saturated carbocycles. The number of methoxy groups -OCH3 is 1. The molecule has 1 heterocycles. The minimum atomic E-state index is 0.192. The average Bonchev–Trinajstić information content (AvgIpc) is 2.74. The molecule has 3 aromatic rings. The molecule has 3 aromatic carbocycles. The van der Waals surface area contributed by atoms with E-state index in [1.165, 1.54) is 22.3 Å². The standard InChI is InChI=1S/C24H25NO2/c1-26-21-10-11-23-19(16-21)12-14-25-24(23)20-8-5-9-22(17-20)27-15-13-18-6-3-2-4-7-18/h2-11,16-17,24-25H,12-15H2,1H3. The van der Waals surface area contributed by atoms with Crippen molar-refractivity contribution in [3.63, 3.8) is 0 Å². The van der Waals surface area contributed by atoms with Crippen molar-refractivity contribution in [3.8, 4) is 11.5 Å². The first kappa shape index (κ1) is 17.6. The van der Waals surface area contributed by atoms with Gasteiger partial charge in [0, 0.05) is 13.0 Å². The van der Waals surface area contributed by atoms with Crippen LogP contribution in [0.2, 0.25) is 0 Å². The van der Waals surface area contributed by atoms with Crippen LogP contribution in [0.25, 0.3) is 0 Å². The SMILES string of the molecule is COc1ccc2c(c1)CCNC2c1cccc(OCCc2ccccc2)c1. The highest BCUT2D eigenvalue weighted by atomic mass is 16.5. The highest BCUT2D eigenvalue weighted by molar-refractivity contribution is 5.45. The predicted molar refractivity (Wildman–Crippen MR) is 109 cm³/mol. The fourth-order valence-corrected chi connectivity index (χ4v) is 3.68. The normalized spacial score (nSPS) is 15.8. The smallest absolute Gasteiger partial charge is 0.119 e. The zero-order valence-corrected chi connectivity index (χ0v) is 15.7. The fourth-order valence-electron chi connectivity index (χ4n) is 3.68. The molecule has 1 aliphatic heterocycles. The van der Waals surface area contributed by atoms with E-state index in [1.807, 2.05) is 18.2 Å². The Bertz CT molecular complexity index is 892. The third kappa shape index (κ3) is 4.15. The molecule has 27 heavy (non-hydrogen) atoms. The summed E-state index contributed by atoms with van der Waals surface area (Å²) >= 11 is 0. The molecular weight excluding hydrogens is 334 g/mol. The number of hydrogen-bond acceptors (Lipinski definition) is 3. The van der Waals surface area contributed by atoms with Crippen molar-refractivity contribution in [3.05, 3.63) is 95.1 Å². The molecule has 3 nitrogen and oxygen atoms in total. The van der Waals surface area contributed by atoms with E-state index in [4.69, 9.17) is 9.47 Å². The van der Waals surface area contributed by atoms with Gasteiger partial charge in [0.2, 0.25) is 0 Å². The number of rotatable bonds is 6. The van der Waals surface area contributed by atoms with Crippen LogP contribution in [0.4, 0.5) is 0 Å². The Hall–Kier alpha value is -2.78. The van der Waals surface area contributed by atoms with Crippen molar-refractivity contribution in [2.24, 2.45) is 0 Å². The fraction of sp³-hybridized carbons (Fsp3) is 0.250. The summed E-state index contributed by atoms with van der Waals surface area (Å²) in [5, 5.41) is 3.64. The first-order valence-electron chi connectivity index (χ1n) is 9.50. The Labute approximate surface area is 161 Å². The topological polar surface area (TPSA) is 30.5 Å². The van der Waals surface area contributed by atoms with E-state index in [2.05, 4.69) is 59.9 Å². The molecule has 3 heteroatoms. The van der Waals surface area contributed by atoms with Crippen LogP contribution in [-0.4, -0.2) is 20.3 Å². The Morgan fingerprint density at radius 2 is 1.81 bits per heavy atom. The van der Waals surface area contributed by atoms with Crippen LogP contribution in [0.5, 0.6) is 11.5 Å². The third-order valence-electron chi connectivity index (χ3n) is 5.10. The molecule has 0 aliphatic carbocycles. The molecular formula is C24H25NO2. The molecule has 1 N–H and O–H groups in total. The van der Waals surface area contributed by atoms with Gasteiger partial charge < -0.3 is 14.8 Å². The van der Waals surface area contributed by atoms with E-state index in [1.54, 1.807) is 7.11 Å². The van der Waals surface area contributed by atoms with Crippen LogP contribution < -0.4 is 14.8 Å². The van der Waals surface area contributed by atoms with E-state index in [0.29, 0.717) is 6.61 Å². The summed E-state index contributed by atoms with van der Waals surface area (Å²) in [6, 6.07) is 25.4. The molecule has 0 spiro atoms. The molecule has 0 radical (unpaired) electrons. The number of nitrogens with one attached hydrogen (secondary N) is 1. The van der Waals surface area contributed by atoms with E-state index >= 15 is 0 Å². The molecule has 1 aliphatic rings. The van der Waals surface area contributed by atoms with Crippen LogP contribution in [0.1, 0.15) is 28.3 Å². The van der Waals surface area contributed by atoms with Crippen LogP contribution in [-0.2, 0) is 12.8 Å². The number of benzene rings is 3. The van der Waals surface area contributed by atoms with Gasteiger partial charge in [-0.25, -0.2) is 0 Å². The summed E-state index contributed by atoms with van der Waals surface area (Å²) in [6.45, 7) is 1.64. The molecule has 0 fully saturated rings. The molecule has 0 bridgehead atoms. The summed E-state index contributed by atoms with van der Waals surface area (Å²) < 4.78 is 11.4. The van der Waals surface area contributed by atoms with Crippen LogP contribution in [0.3, 0.4) is 0 Å². The lowest BCUT2D eigenvalue weighted by Crippen LogP contribution is -2.30. The first-order chi connectivity index (χ1) is 13.3. The minimum absolute atomic E-state index is 0.192. The quantitative estimate of drug-likeness (QED) is 0.700. The number of hydrogen-bond donors (Lipinski definition) is 1. The average molecular weight is 359 g/mol. The second kappa shape index (κ2) is 8.28. The van der Waals surface area contributed by atoms with Gasteiger partial charge in [-0.1, -0.05) is 48.5 Å². The second-order valence-electron chi connectivity index (χ2n) is 6.86. The number of fused-ring (bicyclic) bond motifs is 1. The Kier molecular flexibility index (Phi) is 5.40. The summed E-state index contributed by atoms with van der Waals surface area (Å²) in [5.41, 5.74) is 5.21. The summed E-state index contributed by atoms with van der Waals surface area (Å²) in [4.78, 5) is 0. The van der Waals surface area contributed by atoms with Crippen LogP contribution in [0.15, 0.2) is 72.8 Å². The van der Waals surface area contributed by atoms with Gasteiger partial charge in [0.05, 0.1) is 19.8 Å². The third-order valence-corrected chi connectivity index (χ3v) is 5.10.